The third-order valence-corrected chi connectivity index (χ3v) is 7.30. The molecule has 0 bridgehead atoms. The van der Waals surface area contributed by atoms with Gasteiger partial charge in [-0.3, -0.25) is 9.79 Å². The Morgan fingerprint density at radius 1 is 1.33 bits per heavy atom. The molecule has 15 heteroatoms. The summed E-state index contributed by atoms with van der Waals surface area (Å²) in [6.45, 7) is 1.05. The zero-order valence-corrected chi connectivity index (χ0v) is 19.4. The molecule has 1 aromatic heterocycles. The van der Waals surface area contributed by atoms with E-state index in [4.69, 9.17) is 5.73 Å². The molecule has 194 valence electrons. The standard InChI is InChI=1S/C21H18F7N5O2S/c1-8-15(30-6-13(31-8)35-7-21(26,27)28)16(34)32-9-3-10(14(23)11(22)4-9)19(2)12-5-20(12,17(24)25)36-18(29)33-19/h3-4,6,12,17H,5,7H2,1-2H3,(H2,29,33)(H,32,34)/t12-,19-,20-/m0/s1. The van der Waals surface area contributed by atoms with Crippen LogP contribution in [0.5, 0.6) is 5.88 Å². The Bertz CT molecular complexity index is 1260. The summed E-state index contributed by atoms with van der Waals surface area (Å²) < 4.78 is 96.7. The number of hydrogen-bond donors (Lipinski definition) is 2. The van der Waals surface area contributed by atoms with Crippen molar-refractivity contribution in [2.24, 2.45) is 16.6 Å². The second-order valence-corrected chi connectivity index (χ2v) is 9.91. The first-order chi connectivity index (χ1) is 16.7. The lowest BCUT2D eigenvalue weighted by molar-refractivity contribution is -0.154. The van der Waals surface area contributed by atoms with Gasteiger partial charge in [0.05, 0.1) is 22.2 Å². The van der Waals surface area contributed by atoms with Crippen LogP contribution in [0.4, 0.5) is 36.4 Å². The van der Waals surface area contributed by atoms with E-state index < -0.39 is 58.8 Å². The molecule has 0 saturated heterocycles. The van der Waals surface area contributed by atoms with E-state index in [0.717, 1.165) is 12.3 Å². The third kappa shape index (κ3) is 4.67. The minimum atomic E-state index is -4.60. The Balaban J connectivity index is 1.61. The number of ether oxygens (including phenoxy) is 1. The molecule has 1 amide bonds. The van der Waals surface area contributed by atoms with Crippen molar-refractivity contribution in [1.29, 1.82) is 0 Å². The van der Waals surface area contributed by atoms with Crippen molar-refractivity contribution in [2.75, 3.05) is 11.9 Å². The molecule has 2 aliphatic rings. The smallest absolute Gasteiger partial charge is 0.422 e. The maximum absolute atomic E-state index is 14.9. The van der Waals surface area contributed by atoms with Crippen LogP contribution < -0.4 is 15.8 Å². The fraction of sp³-hybridized carbons (Fsp3) is 0.429. The van der Waals surface area contributed by atoms with Gasteiger partial charge in [-0.05, 0) is 26.3 Å². The number of aromatic nitrogens is 2. The number of nitrogens with two attached hydrogens (primary N) is 1. The van der Waals surface area contributed by atoms with E-state index in [1.807, 2.05) is 0 Å². The van der Waals surface area contributed by atoms with E-state index in [2.05, 4.69) is 25.0 Å². The van der Waals surface area contributed by atoms with Crippen molar-refractivity contribution in [2.45, 2.75) is 43.2 Å². The molecule has 1 aromatic carbocycles. The molecule has 2 aromatic rings. The van der Waals surface area contributed by atoms with Gasteiger partial charge in [0.25, 0.3) is 12.3 Å². The minimum Gasteiger partial charge on any atom is -0.467 e. The van der Waals surface area contributed by atoms with Gasteiger partial charge in [-0.2, -0.15) is 13.2 Å². The molecule has 4 rings (SSSR count). The van der Waals surface area contributed by atoms with Crippen LogP contribution in [-0.4, -0.2) is 45.0 Å². The Morgan fingerprint density at radius 3 is 2.64 bits per heavy atom. The Labute approximate surface area is 203 Å². The SMILES string of the molecule is Cc1nc(OCC(F)(F)F)cnc1C(=O)Nc1cc(F)c(F)c([C@]2(C)N=C(N)S[C@@]3(C(F)F)C[C@@H]23)c1. The largest absolute Gasteiger partial charge is 0.467 e. The molecule has 1 fully saturated rings. The summed E-state index contributed by atoms with van der Waals surface area (Å²) in [6, 6.07) is 1.75. The van der Waals surface area contributed by atoms with Gasteiger partial charge in [0.1, 0.15) is 5.69 Å². The predicted octanol–water partition coefficient (Wildman–Crippen LogP) is 4.56. The van der Waals surface area contributed by atoms with E-state index in [1.165, 1.54) is 13.8 Å². The number of nitrogens with one attached hydrogen (secondary N) is 1. The first kappa shape index (κ1) is 26.0. The number of halogens is 7. The lowest BCUT2D eigenvalue weighted by Gasteiger charge is -2.34. The molecule has 36 heavy (non-hydrogen) atoms. The third-order valence-electron chi connectivity index (χ3n) is 5.99. The average Bonchev–Trinajstić information content (AvgIpc) is 3.51. The summed E-state index contributed by atoms with van der Waals surface area (Å²) >= 11 is 0.701. The van der Waals surface area contributed by atoms with Crippen LogP contribution in [0.2, 0.25) is 0 Å². The fourth-order valence-electron chi connectivity index (χ4n) is 4.23. The molecular formula is C21H18F7N5O2S. The van der Waals surface area contributed by atoms with Gasteiger partial charge in [0.2, 0.25) is 5.88 Å². The Hall–Kier alpha value is -3.10. The van der Waals surface area contributed by atoms with E-state index in [0.29, 0.717) is 17.8 Å². The van der Waals surface area contributed by atoms with E-state index in [-0.39, 0.29) is 34.2 Å². The fourth-order valence-corrected chi connectivity index (χ4v) is 5.57. The van der Waals surface area contributed by atoms with Crippen molar-refractivity contribution in [3.8, 4) is 5.88 Å². The topological polar surface area (TPSA) is 102 Å². The number of aryl methyl sites for hydroxylation is 1. The van der Waals surface area contributed by atoms with Gasteiger partial charge in [0, 0.05) is 23.2 Å². The van der Waals surface area contributed by atoms with E-state index >= 15 is 0 Å². The van der Waals surface area contributed by atoms with Crippen LogP contribution in [0.3, 0.4) is 0 Å². The number of alkyl halides is 5. The number of nitrogens with zero attached hydrogens (tertiary/aromatic N) is 3. The molecule has 3 atom stereocenters. The lowest BCUT2D eigenvalue weighted by atomic mass is 9.85. The van der Waals surface area contributed by atoms with Crippen molar-refractivity contribution >= 4 is 28.5 Å². The Morgan fingerprint density at radius 2 is 2.03 bits per heavy atom. The van der Waals surface area contributed by atoms with E-state index in [9.17, 15) is 35.5 Å². The van der Waals surface area contributed by atoms with Gasteiger partial charge >= 0.3 is 6.18 Å². The molecule has 1 aliphatic carbocycles. The van der Waals surface area contributed by atoms with Crippen molar-refractivity contribution < 1.29 is 40.3 Å². The van der Waals surface area contributed by atoms with Crippen LogP contribution in [-0.2, 0) is 5.54 Å². The molecule has 1 aliphatic heterocycles. The number of rotatable bonds is 6. The summed E-state index contributed by atoms with van der Waals surface area (Å²) in [5, 5.41) is 2.11. The number of carbonyl (C=O) groups excluding carboxylic acids is 1. The molecule has 0 radical (unpaired) electrons. The van der Waals surface area contributed by atoms with Gasteiger partial charge in [-0.1, -0.05) is 11.8 Å². The second-order valence-electron chi connectivity index (χ2n) is 8.53. The van der Waals surface area contributed by atoms with Crippen LogP contribution >= 0.6 is 11.8 Å². The molecule has 3 N–H and O–H groups in total. The number of fused-ring (bicyclic) bond motifs is 1. The first-order valence-electron chi connectivity index (χ1n) is 10.3. The normalized spacial score (nSPS) is 25.3. The number of benzene rings is 1. The van der Waals surface area contributed by atoms with Gasteiger partial charge in [-0.25, -0.2) is 27.5 Å². The highest BCUT2D eigenvalue weighted by Crippen LogP contribution is 2.68. The zero-order chi connectivity index (χ0) is 26.6. The number of hydrogen-bond acceptors (Lipinski definition) is 7. The minimum absolute atomic E-state index is 0.0226. The van der Waals surface area contributed by atoms with Crippen molar-refractivity contribution in [3.63, 3.8) is 0 Å². The quantitative estimate of drug-likeness (QED) is 0.524. The highest BCUT2D eigenvalue weighted by Gasteiger charge is 2.71. The molecule has 0 unspecified atom stereocenters. The summed E-state index contributed by atoms with van der Waals surface area (Å²) in [5.41, 5.74) is 3.12. The second kappa shape index (κ2) is 8.78. The zero-order valence-electron chi connectivity index (χ0n) is 18.6. The van der Waals surface area contributed by atoms with Crippen molar-refractivity contribution in [3.05, 3.63) is 46.9 Å². The highest BCUT2D eigenvalue weighted by molar-refractivity contribution is 8.15. The number of aliphatic imine (C=N–C) groups is 1. The lowest BCUT2D eigenvalue weighted by Crippen LogP contribution is -2.39. The summed E-state index contributed by atoms with van der Waals surface area (Å²) in [5.74, 6) is -4.92. The summed E-state index contributed by atoms with van der Waals surface area (Å²) in [6.07, 6.45) is -6.60. The maximum Gasteiger partial charge on any atom is 0.422 e. The molecule has 7 nitrogen and oxygen atoms in total. The van der Waals surface area contributed by atoms with Gasteiger partial charge in [0.15, 0.2) is 23.4 Å². The highest BCUT2D eigenvalue weighted by atomic mass is 32.2. The summed E-state index contributed by atoms with van der Waals surface area (Å²) in [7, 11) is 0. The van der Waals surface area contributed by atoms with Gasteiger partial charge in [-0.15, -0.1) is 0 Å². The Kier molecular flexibility index (Phi) is 6.34. The molecular weight excluding hydrogens is 519 g/mol. The van der Waals surface area contributed by atoms with Crippen LogP contribution in [0.1, 0.15) is 35.1 Å². The predicted molar refractivity (Wildman–Crippen MR) is 116 cm³/mol. The van der Waals surface area contributed by atoms with Crippen LogP contribution in [0.25, 0.3) is 0 Å². The first-order valence-corrected chi connectivity index (χ1v) is 11.1. The number of carbonyl (C=O) groups is 1. The monoisotopic (exact) mass is 537 g/mol. The molecule has 2 heterocycles. The number of anilines is 1. The molecule has 0 spiro atoms. The van der Waals surface area contributed by atoms with Gasteiger partial charge < -0.3 is 15.8 Å². The maximum atomic E-state index is 14.9. The molecule has 1 saturated carbocycles. The van der Waals surface area contributed by atoms with Crippen LogP contribution in [0, 0.1) is 24.5 Å². The van der Waals surface area contributed by atoms with E-state index in [1.54, 1.807) is 0 Å². The van der Waals surface area contributed by atoms with Crippen molar-refractivity contribution in [1.82, 2.24) is 9.97 Å². The average molecular weight is 537 g/mol. The number of amides is 1. The number of thioether (sulfide) groups is 1. The number of amidine groups is 1. The van der Waals surface area contributed by atoms with Crippen LogP contribution in [0.15, 0.2) is 23.3 Å². The summed E-state index contributed by atoms with van der Waals surface area (Å²) in [4.78, 5) is 24.3.